The standard InChI is InChI=1S/C16H13N3O3/c20-13(18-11-5-2-1-3-6-11)8-10-19-15(21)12-7-4-9-17-14(12)16(19)22/h1-7,9H,8,10H2,(H,18,20). The molecule has 110 valence electrons. The molecule has 1 aliphatic rings. The maximum Gasteiger partial charge on any atom is 0.280 e. The quantitative estimate of drug-likeness (QED) is 0.871. The topological polar surface area (TPSA) is 79.4 Å². The summed E-state index contributed by atoms with van der Waals surface area (Å²) in [6, 6.07) is 12.2. The summed E-state index contributed by atoms with van der Waals surface area (Å²) in [5, 5.41) is 2.71. The molecule has 22 heavy (non-hydrogen) atoms. The van der Waals surface area contributed by atoms with E-state index in [9.17, 15) is 14.4 Å². The van der Waals surface area contributed by atoms with Crippen LogP contribution in [0.2, 0.25) is 0 Å². The Hall–Kier alpha value is -3.02. The summed E-state index contributed by atoms with van der Waals surface area (Å²) in [5.41, 5.74) is 1.11. The highest BCUT2D eigenvalue weighted by Gasteiger charge is 2.36. The fraction of sp³-hybridized carbons (Fsp3) is 0.125. The number of carbonyl (C=O) groups is 3. The van der Waals surface area contributed by atoms with E-state index < -0.39 is 11.8 Å². The number of fused-ring (bicyclic) bond motifs is 1. The van der Waals surface area contributed by atoms with Crippen LogP contribution in [0, 0.1) is 0 Å². The lowest BCUT2D eigenvalue weighted by Gasteiger charge is -2.13. The van der Waals surface area contributed by atoms with Gasteiger partial charge >= 0.3 is 0 Å². The van der Waals surface area contributed by atoms with Gasteiger partial charge in [0.2, 0.25) is 5.91 Å². The van der Waals surface area contributed by atoms with Crippen LogP contribution in [-0.4, -0.2) is 34.2 Å². The van der Waals surface area contributed by atoms with Crippen molar-refractivity contribution in [3.8, 4) is 0 Å². The fourth-order valence-corrected chi connectivity index (χ4v) is 2.28. The number of aromatic nitrogens is 1. The van der Waals surface area contributed by atoms with Crippen molar-refractivity contribution in [2.75, 3.05) is 11.9 Å². The number of benzene rings is 1. The normalized spacial score (nSPS) is 13.2. The number of hydrogen-bond acceptors (Lipinski definition) is 4. The largest absolute Gasteiger partial charge is 0.326 e. The minimum Gasteiger partial charge on any atom is -0.326 e. The van der Waals surface area contributed by atoms with Crippen molar-refractivity contribution in [3.05, 3.63) is 59.9 Å². The number of anilines is 1. The summed E-state index contributed by atoms with van der Waals surface area (Å²) in [6.45, 7) is 0.0344. The first kappa shape index (κ1) is 13.9. The van der Waals surface area contributed by atoms with Gasteiger partial charge in [-0.3, -0.25) is 24.3 Å². The Kier molecular flexibility index (Phi) is 3.65. The Labute approximate surface area is 126 Å². The zero-order valence-electron chi connectivity index (χ0n) is 11.7. The number of pyridine rings is 1. The number of amides is 3. The predicted molar refractivity (Wildman–Crippen MR) is 79.3 cm³/mol. The molecule has 3 rings (SSSR count). The number of hydrogen-bond donors (Lipinski definition) is 1. The van der Waals surface area contributed by atoms with Crippen LogP contribution in [0.1, 0.15) is 27.3 Å². The van der Waals surface area contributed by atoms with E-state index in [1.165, 1.54) is 6.20 Å². The van der Waals surface area contributed by atoms with Crippen LogP contribution in [-0.2, 0) is 4.79 Å². The molecule has 1 aromatic heterocycles. The van der Waals surface area contributed by atoms with E-state index in [1.54, 1.807) is 24.3 Å². The van der Waals surface area contributed by atoms with Gasteiger partial charge in [-0.15, -0.1) is 0 Å². The Balaban J connectivity index is 1.62. The molecule has 0 aliphatic carbocycles. The lowest BCUT2D eigenvalue weighted by atomic mass is 10.2. The number of imide groups is 1. The molecular weight excluding hydrogens is 282 g/mol. The minimum absolute atomic E-state index is 0.0344. The number of nitrogens with one attached hydrogen (secondary N) is 1. The fourth-order valence-electron chi connectivity index (χ4n) is 2.28. The molecule has 0 radical (unpaired) electrons. The molecule has 6 nitrogen and oxygen atoms in total. The molecule has 0 atom stereocenters. The molecule has 1 N–H and O–H groups in total. The van der Waals surface area contributed by atoms with Gasteiger partial charge in [-0.1, -0.05) is 18.2 Å². The molecule has 0 fully saturated rings. The van der Waals surface area contributed by atoms with Gasteiger partial charge in [-0.25, -0.2) is 0 Å². The summed E-state index contributed by atoms with van der Waals surface area (Å²) in [4.78, 5) is 41.1. The lowest BCUT2D eigenvalue weighted by Crippen LogP contribution is -2.33. The van der Waals surface area contributed by atoms with E-state index in [0.29, 0.717) is 5.69 Å². The summed E-state index contributed by atoms with van der Waals surface area (Å²) in [6.07, 6.45) is 1.51. The first-order valence-electron chi connectivity index (χ1n) is 6.83. The van der Waals surface area contributed by atoms with Crippen molar-refractivity contribution in [3.63, 3.8) is 0 Å². The second-order valence-electron chi connectivity index (χ2n) is 4.83. The molecule has 1 aromatic carbocycles. The molecule has 0 spiro atoms. The Morgan fingerprint density at radius 2 is 1.82 bits per heavy atom. The molecule has 0 unspecified atom stereocenters. The van der Waals surface area contributed by atoms with Crippen molar-refractivity contribution >= 4 is 23.4 Å². The second-order valence-corrected chi connectivity index (χ2v) is 4.83. The molecule has 0 saturated carbocycles. The predicted octanol–water partition coefficient (Wildman–Crippen LogP) is 1.71. The summed E-state index contributed by atoms with van der Waals surface area (Å²) >= 11 is 0. The molecule has 6 heteroatoms. The minimum atomic E-state index is -0.451. The Bertz CT molecular complexity index is 708. The van der Waals surface area contributed by atoms with Crippen LogP contribution in [0.15, 0.2) is 48.7 Å². The average molecular weight is 295 g/mol. The summed E-state index contributed by atoms with van der Waals surface area (Å²) in [5.74, 6) is -1.11. The van der Waals surface area contributed by atoms with E-state index in [-0.39, 0.29) is 30.1 Å². The van der Waals surface area contributed by atoms with Gasteiger partial charge in [-0.2, -0.15) is 0 Å². The van der Waals surface area contributed by atoms with Gasteiger partial charge in [0.05, 0.1) is 5.56 Å². The highest BCUT2D eigenvalue weighted by atomic mass is 16.2. The van der Waals surface area contributed by atoms with E-state index >= 15 is 0 Å². The van der Waals surface area contributed by atoms with Crippen LogP contribution >= 0.6 is 0 Å². The molecule has 2 heterocycles. The summed E-state index contributed by atoms with van der Waals surface area (Å²) < 4.78 is 0. The maximum absolute atomic E-state index is 12.1. The first-order chi connectivity index (χ1) is 10.7. The van der Waals surface area contributed by atoms with Crippen LogP contribution in [0.3, 0.4) is 0 Å². The molecule has 0 saturated heterocycles. The van der Waals surface area contributed by atoms with Crippen molar-refractivity contribution < 1.29 is 14.4 Å². The van der Waals surface area contributed by atoms with Gasteiger partial charge < -0.3 is 5.32 Å². The average Bonchev–Trinajstić information content (AvgIpc) is 2.78. The number of nitrogens with zero attached hydrogens (tertiary/aromatic N) is 2. The van der Waals surface area contributed by atoms with Gasteiger partial charge in [0.1, 0.15) is 5.69 Å². The third-order valence-corrected chi connectivity index (χ3v) is 3.35. The molecular formula is C16H13N3O3. The number of rotatable bonds is 4. The van der Waals surface area contributed by atoms with Crippen LogP contribution in [0.4, 0.5) is 5.69 Å². The number of carbonyl (C=O) groups excluding carboxylic acids is 3. The van der Waals surface area contributed by atoms with Crippen molar-refractivity contribution in [1.82, 2.24) is 9.88 Å². The highest BCUT2D eigenvalue weighted by molar-refractivity contribution is 6.20. The van der Waals surface area contributed by atoms with Gasteiger partial charge in [0.15, 0.2) is 0 Å². The molecule has 0 bridgehead atoms. The van der Waals surface area contributed by atoms with Crippen LogP contribution in [0.25, 0.3) is 0 Å². The van der Waals surface area contributed by atoms with E-state index in [0.717, 1.165) is 4.90 Å². The molecule has 1 aliphatic heterocycles. The monoisotopic (exact) mass is 295 g/mol. The summed E-state index contributed by atoms with van der Waals surface area (Å²) in [7, 11) is 0. The van der Waals surface area contributed by atoms with Crippen molar-refractivity contribution in [2.45, 2.75) is 6.42 Å². The van der Waals surface area contributed by atoms with Crippen LogP contribution < -0.4 is 5.32 Å². The highest BCUT2D eigenvalue weighted by Crippen LogP contribution is 2.20. The number of para-hydroxylation sites is 1. The Morgan fingerprint density at radius 1 is 1.05 bits per heavy atom. The zero-order valence-corrected chi connectivity index (χ0v) is 11.7. The van der Waals surface area contributed by atoms with Crippen molar-refractivity contribution in [1.29, 1.82) is 0 Å². The zero-order chi connectivity index (χ0) is 15.5. The molecule has 2 aromatic rings. The Morgan fingerprint density at radius 3 is 2.55 bits per heavy atom. The SMILES string of the molecule is O=C(CCN1C(=O)c2cccnc2C1=O)Nc1ccccc1. The third kappa shape index (κ3) is 2.58. The van der Waals surface area contributed by atoms with E-state index in [4.69, 9.17) is 0 Å². The lowest BCUT2D eigenvalue weighted by molar-refractivity contribution is -0.116. The molecule has 3 amide bonds. The second kappa shape index (κ2) is 5.77. The third-order valence-electron chi connectivity index (χ3n) is 3.35. The van der Waals surface area contributed by atoms with Gasteiger partial charge in [0.25, 0.3) is 11.8 Å². The van der Waals surface area contributed by atoms with Crippen LogP contribution in [0.5, 0.6) is 0 Å². The van der Waals surface area contributed by atoms with Crippen molar-refractivity contribution in [2.24, 2.45) is 0 Å². The van der Waals surface area contributed by atoms with Gasteiger partial charge in [0, 0.05) is 24.8 Å². The smallest absolute Gasteiger partial charge is 0.280 e. The van der Waals surface area contributed by atoms with Gasteiger partial charge in [-0.05, 0) is 24.3 Å². The first-order valence-corrected chi connectivity index (χ1v) is 6.83. The van der Waals surface area contributed by atoms with E-state index in [2.05, 4.69) is 10.3 Å². The van der Waals surface area contributed by atoms with E-state index in [1.807, 2.05) is 18.2 Å². The maximum atomic E-state index is 12.1.